The van der Waals surface area contributed by atoms with Crippen molar-refractivity contribution in [1.82, 2.24) is 20.7 Å². The number of hydrogen-bond acceptors (Lipinski definition) is 6. The van der Waals surface area contributed by atoms with E-state index < -0.39 is 0 Å². The molecule has 8 nitrogen and oxygen atoms in total. The zero-order chi connectivity index (χ0) is 22.1. The van der Waals surface area contributed by atoms with Gasteiger partial charge in [0.2, 0.25) is 0 Å². The van der Waals surface area contributed by atoms with Crippen LogP contribution in [0.5, 0.6) is 5.75 Å². The topological polar surface area (TPSA) is 84.2 Å². The number of aliphatic imine (C=N–C) groups is 1. The van der Waals surface area contributed by atoms with Gasteiger partial charge in [-0.25, -0.2) is 0 Å². The predicted molar refractivity (Wildman–Crippen MR) is 122 cm³/mol. The number of aryl methyl sites for hydroxylation is 2. The van der Waals surface area contributed by atoms with E-state index in [0.717, 1.165) is 74.4 Å². The van der Waals surface area contributed by atoms with Gasteiger partial charge in [0.25, 0.3) is 0 Å². The second-order valence-corrected chi connectivity index (χ2v) is 7.48. The van der Waals surface area contributed by atoms with E-state index in [2.05, 4.69) is 51.7 Å². The summed E-state index contributed by atoms with van der Waals surface area (Å²) in [7, 11) is 3.48. The molecular weight excluding hydrogens is 394 g/mol. The molecular formula is C23H35N5O3. The minimum Gasteiger partial charge on any atom is -0.497 e. The van der Waals surface area contributed by atoms with Crippen LogP contribution in [0.25, 0.3) is 0 Å². The lowest BCUT2D eigenvalue weighted by molar-refractivity contribution is 0.0170. The lowest BCUT2D eigenvalue weighted by Crippen LogP contribution is -2.46. The van der Waals surface area contributed by atoms with E-state index in [4.69, 9.17) is 14.0 Å². The summed E-state index contributed by atoms with van der Waals surface area (Å²) in [6.07, 6.45) is 1.68. The summed E-state index contributed by atoms with van der Waals surface area (Å²) in [6, 6.07) is 8.51. The zero-order valence-corrected chi connectivity index (χ0v) is 19.1. The van der Waals surface area contributed by atoms with Crippen LogP contribution in [-0.4, -0.2) is 63.0 Å². The quantitative estimate of drug-likeness (QED) is 0.468. The second kappa shape index (κ2) is 11.7. The van der Waals surface area contributed by atoms with E-state index in [1.807, 2.05) is 12.1 Å². The molecule has 0 saturated carbocycles. The molecule has 2 N–H and O–H groups in total. The number of benzene rings is 1. The van der Waals surface area contributed by atoms with Crippen LogP contribution in [0.2, 0.25) is 0 Å². The Morgan fingerprint density at radius 3 is 2.52 bits per heavy atom. The summed E-state index contributed by atoms with van der Waals surface area (Å²) >= 11 is 0. The van der Waals surface area contributed by atoms with Crippen LogP contribution in [0.4, 0.5) is 0 Å². The number of nitrogens with one attached hydrogen (secondary N) is 2. The van der Waals surface area contributed by atoms with Gasteiger partial charge >= 0.3 is 0 Å². The van der Waals surface area contributed by atoms with Gasteiger partial charge in [-0.3, -0.25) is 9.89 Å². The highest BCUT2D eigenvalue weighted by molar-refractivity contribution is 5.79. The molecule has 0 spiro atoms. The van der Waals surface area contributed by atoms with Gasteiger partial charge in [0, 0.05) is 45.2 Å². The Morgan fingerprint density at radius 1 is 1.16 bits per heavy atom. The molecule has 1 saturated heterocycles. The number of aromatic nitrogens is 1. The van der Waals surface area contributed by atoms with E-state index in [9.17, 15) is 0 Å². The number of morpholine rings is 1. The molecule has 1 aliphatic heterocycles. The van der Waals surface area contributed by atoms with Gasteiger partial charge in [-0.15, -0.1) is 0 Å². The Labute approximate surface area is 185 Å². The lowest BCUT2D eigenvalue weighted by Gasteiger charge is -2.35. The minimum atomic E-state index is 0.210. The summed E-state index contributed by atoms with van der Waals surface area (Å²) in [5, 5.41) is 11.1. The van der Waals surface area contributed by atoms with E-state index >= 15 is 0 Å². The van der Waals surface area contributed by atoms with Gasteiger partial charge in [0.05, 0.1) is 32.1 Å². The molecule has 1 aliphatic rings. The van der Waals surface area contributed by atoms with Gasteiger partial charge in [-0.2, -0.15) is 0 Å². The largest absolute Gasteiger partial charge is 0.497 e. The van der Waals surface area contributed by atoms with Crippen molar-refractivity contribution in [3.8, 4) is 5.75 Å². The van der Waals surface area contributed by atoms with Gasteiger partial charge in [0.1, 0.15) is 11.5 Å². The summed E-state index contributed by atoms with van der Waals surface area (Å²) < 4.78 is 16.4. The molecule has 1 aromatic carbocycles. The third-order valence-corrected chi connectivity index (χ3v) is 5.71. The average molecular weight is 430 g/mol. The first-order valence-electron chi connectivity index (χ1n) is 11.1. The predicted octanol–water partition coefficient (Wildman–Crippen LogP) is 2.55. The summed E-state index contributed by atoms with van der Waals surface area (Å²) in [4.78, 5) is 6.87. The lowest BCUT2D eigenvalue weighted by atomic mass is 10.0. The minimum absolute atomic E-state index is 0.210. The van der Waals surface area contributed by atoms with Crippen LogP contribution in [-0.2, 0) is 24.1 Å². The number of hydrogen-bond donors (Lipinski definition) is 2. The molecule has 3 rings (SSSR count). The fourth-order valence-corrected chi connectivity index (χ4v) is 3.90. The standard InChI is InChI=1S/C23H35N5O3/c1-5-20-19(22(6-2)31-27-20)15-25-23(24-3)26-16-21(28-11-13-30-14-12-28)17-7-9-18(29-4)10-8-17/h7-10,21H,5-6,11-16H2,1-4H3,(H2,24,25,26). The van der Waals surface area contributed by atoms with Crippen molar-refractivity contribution >= 4 is 5.96 Å². The van der Waals surface area contributed by atoms with Crippen LogP contribution >= 0.6 is 0 Å². The Bertz CT molecular complexity index is 807. The SMILES string of the molecule is CCc1noc(CC)c1CNC(=NC)NCC(c1ccc(OC)cc1)N1CCOCC1. The second-order valence-electron chi connectivity index (χ2n) is 7.48. The molecule has 0 aliphatic carbocycles. The number of ether oxygens (including phenoxy) is 2. The van der Waals surface area contributed by atoms with E-state index in [0.29, 0.717) is 6.54 Å². The molecule has 1 fully saturated rings. The van der Waals surface area contributed by atoms with Crippen molar-refractivity contribution in [2.75, 3.05) is 47.0 Å². The number of rotatable bonds is 9. The summed E-state index contributed by atoms with van der Waals surface area (Å²) in [6.45, 7) is 8.88. The number of nitrogens with zero attached hydrogens (tertiary/aromatic N) is 3. The van der Waals surface area contributed by atoms with Crippen LogP contribution < -0.4 is 15.4 Å². The van der Waals surface area contributed by atoms with Crippen molar-refractivity contribution in [2.45, 2.75) is 39.3 Å². The molecule has 31 heavy (non-hydrogen) atoms. The smallest absolute Gasteiger partial charge is 0.191 e. The van der Waals surface area contributed by atoms with E-state index in [-0.39, 0.29) is 6.04 Å². The van der Waals surface area contributed by atoms with Crippen molar-refractivity contribution in [2.24, 2.45) is 4.99 Å². The fraction of sp³-hybridized carbons (Fsp3) is 0.565. The van der Waals surface area contributed by atoms with Gasteiger partial charge in [-0.05, 0) is 24.1 Å². The van der Waals surface area contributed by atoms with Gasteiger partial charge < -0.3 is 24.6 Å². The molecule has 0 amide bonds. The number of methoxy groups -OCH3 is 1. The molecule has 1 aromatic heterocycles. The molecule has 2 heterocycles. The Balaban J connectivity index is 1.66. The average Bonchev–Trinajstić information content (AvgIpc) is 3.24. The van der Waals surface area contributed by atoms with Crippen LogP contribution in [0.1, 0.15) is 42.5 Å². The molecule has 0 bridgehead atoms. The monoisotopic (exact) mass is 429 g/mol. The van der Waals surface area contributed by atoms with Gasteiger partial charge in [0.15, 0.2) is 5.96 Å². The van der Waals surface area contributed by atoms with Gasteiger partial charge in [-0.1, -0.05) is 31.1 Å². The zero-order valence-electron chi connectivity index (χ0n) is 19.1. The molecule has 2 aromatic rings. The Hall–Kier alpha value is -2.58. The van der Waals surface area contributed by atoms with Crippen molar-refractivity contribution in [3.63, 3.8) is 0 Å². The van der Waals surface area contributed by atoms with Crippen molar-refractivity contribution < 1.29 is 14.0 Å². The molecule has 170 valence electrons. The first kappa shape index (κ1) is 23.1. The maximum atomic E-state index is 5.56. The normalized spacial score (nSPS) is 16.2. The first-order valence-corrected chi connectivity index (χ1v) is 11.1. The molecule has 0 radical (unpaired) electrons. The maximum absolute atomic E-state index is 5.56. The summed E-state index contributed by atoms with van der Waals surface area (Å²) in [5.74, 6) is 2.56. The van der Waals surface area contributed by atoms with Crippen LogP contribution in [0.15, 0.2) is 33.8 Å². The summed E-state index contributed by atoms with van der Waals surface area (Å²) in [5.41, 5.74) is 3.38. The van der Waals surface area contributed by atoms with Crippen LogP contribution in [0, 0.1) is 0 Å². The highest BCUT2D eigenvalue weighted by Gasteiger charge is 2.23. The molecule has 8 heteroatoms. The molecule has 1 unspecified atom stereocenters. The third kappa shape index (κ3) is 5.98. The Kier molecular flexibility index (Phi) is 8.73. The number of guanidine groups is 1. The highest BCUT2D eigenvalue weighted by Crippen LogP contribution is 2.23. The van der Waals surface area contributed by atoms with E-state index in [1.165, 1.54) is 5.56 Å². The van der Waals surface area contributed by atoms with E-state index in [1.54, 1.807) is 14.2 Å². The Morgan fingerprint density at radius 2 is 1.90 bits per heavy atom. The van der Waals surface area contributed by atoms with Crippen LogP contribution in [0.3, 0.4) is 0 Å². The van der Waals surface area contributed by atoms with Crippen molar-refractivity contribution in [3.05, 3.63) is 46.8 Å². The third-order valence-electron chi connectivity index (χ3n) is 5.71. The highest BCUT2D eigenvalue weighted by atomic mass is 16.5. The maximum Gasteiger partial charge on any atom is 0.191 e. The fourth-order valence-electron chi connectivity index (χ4n) is 3.90. The first-order chi connectivity index (χ1) is 15.2. The van der Waals surface area contributed by atoms with Crippen molar-refractivity contribution in [1.29, 1.82) is 0 Å². The molecule has 1 atom stereocenters.